The molecule has 0 N–H and O–H groups in total. The van der Waals surface area contributed by atoms with Gasteiger partial charge in [0.15, 0.2) is 5.76 Å². The van der Waals surface area contributed by atoms with E-state index in [1.54, 1.807) is 0 Å². The zero-order valence-corrected chi connectivity index (χ0v) is 16.5. The molecule has 7 nitrogen and oxygen atoms in total. The summed E-state index contributed by atoms with van der Waals surface area (Å²) in [4.78, 5) is 5.27. The van der Waals surface area contributed by atoms with Crippen LogP contribution in [0.5, 0.6) is 0 Å². The van der Waals surface area contributed by atoms with E-state index in [4.69, 9.17) is 9.78 Å². The molecule has 3 aliphatic rings. The molecule has 2 unspecified atom stereocenters. The number of nitriles is 1. The Labute approximate surface area is 169 Å². The second-order valence-electron chi connectivity index (χ2n) is 8.80. The average Bonchev–Trinajstić information content (AvgIpc) is 3.37. The Bertz CT molecular complexity index is 1090. The quantitative estimate of drug-likeness (QED) is 0.686. The first kappa shape index (κ1) is 17.0. The van der Waals surface area contributed by atoms with Crippen LogP contribution in [0.4, 0.5) is 5.69 Å². The molecule has 1 saturated carbocycles. The van der Waals surface area contributed by atoms with Crippen LogP contribution in [0, 0.1) is 24.2 Å². The molecule has 148 valence electrons. The topological polar surface area (TPSA) is 73.6 Å². The number of hydrogen-bond acceptors (Lipinski definition) is 6. The first-order chi connectivity index (χ1) is 14.2. The smallest absolute Gasteiger partial charge is 0.168 e. The van der Waals surface area contributed by atoms with Gasteiger partial charge in [-0.1, -0.05) is 5.16 Å². The van der Waals surface area contributed by atoms with Crippen LogP contribution in [-0.4, -0.2) is 50.9 Å². The van der Waals surface area contributed by atoms with Gasteiger partial charge in [-0.3, -0.25) is 4.90 Å². The third kappa shape index (κ3) is 2.66. The summed E-state index contributed by atoms with van der Waals surface area (Å²) in [6.07, 6.45) is 8.54. The minimum Gasteiger partial charge on any atom is -0.367 e. The van der Waals surface area contributed by atoms with Gasteiger partial charge in [-0.05, 0) is 44.7 Å². The summed E-state index contributed by atoms with van der Waals surface area (Å²) in [6.45, 7) is 4.03. The average molecular weight is 388 g/mol. The van der Waals surface area contributed by atoms with E-state index in [9.17, 15) is 0 Å². The molecular formula is C22H24N6O. The highest BCUT2D eigenvalue weighted by atomic mass is 16.5. The van der Waals surface area contributed by atoms with Gasteiger partial charge in [0.1, 0.15) is 0 Å². The lowest BCUT2D eigenvalue weighted by Crippen LogP contribution is -2.60. The normalized spacial score (nSPS) is 29.2. The van der Waals surface area contributed by atoms with Crippen LogP contribution in [0.1, 0.15) is 31.4 Å². The van der Waals surface area contributed by atoms with E-state index in [2.05, 4.69) is 38.3 Å². The largest absolute Gasteiger partial charge is 0.367 e. The third-order valence-corrected chi connectivity index (χ3v) is 7.00. The highest BCUT2D eigenvalue weighted by Gasteiger charge is 2.47. The Hall–Kier alpha value is -2.85. The highest BCUT2D eigenvalue weighted by Crippen LogP contribution is 2.42. The molecule has 3 aromatic rings. The SMILES string of the molecule is Cc1cc(-c2cc3c(N4CC5CCC(C4)N5[C@H]4C[C@@H](C#N)C4)ccnn3c2)on1. The lowest BCUT2D eigenvalue weighted by molar-refractivity contribution is 0.0439. The lowest BCUT2D eigenvalue weighted by Gasteiger charge is -2.49. The van der Waals surface area contributed by atoms with Crippen LogP contribution in [0.2, 0.25) is 0 Å². The predicted octanol–water partition coefficient (Wildman–Crippen LogP) is 3.25. The van der Waals surface area contributed by atoms with Crippen molar-refractivity contribution in [2.75, 3.05) is 18.0 Å². The maximum Gasteiger partial charge on any atom is 0.168 e. The molecular weight excluding hydrogens is 364 g/mol. The molecule has 5 heterocycles. The van der Waals surface area contributed by atoms with Gasteiger partial charge in [0.2, 0.25) is 0 Å². The van der Waals surface area contributed by atoms with Crippen LogP contribution in [-0.2, 0) is 0 Å². The van der Waals surface area contributed by atoms with Gasteiger partial charge >= 0.3 is 0 Å². The van der Waals surface area contributed by atoms with Crippen molar-refractivity contribution in [3.05, 3.63) is 36.3 Å². The summed E-state index contributed by atoms with van der Waals surface area (Å²) >= 11 is 0. The van der Waals surface area contributed by atoms with Gasteiger partial charge in [0.25, 0.3) is 0 Å². The molecule has 2 bridgehead atoms. The van der Waals surface area contributed by atoms with E-state index in [0.717, 1.165) is 48.5 Å². The fraction of sp³-hybridized carbons (Fsp3) is 0.500. The third-order valence-electron chi connectivity index (χ3n) is 7.00. The summed E-state index contributed by atoms with van der Waals surface area (Å²) in [7, 11) is 0. The maximum absolute atomic E-state index is 9.13. The molecule has 29 heavy (non-hydrogen) atoms. The van der Waals surface area contributed by atoms with Crippen molar-refractivity contribution in [1.29, 1.82) is 5.26 Å². The Balaban J connectivity index is 1.28. The summed E-state index contributed by atoms with van der Waals surface area (Å²) < 4.78 is 7.40. The first-order valence-corrected chi connectivity index (χ1v) is 10.5. The van der Waals surface area contributed by atoms with Crippen molar-refractivity contribution in [2.45, 2.75) is 50.7 Å². The fourth-order valence-electron chi connectivity index (χ4n) is 5.57. The van der Waals surface area contributed by atoms with Crippen LogP contribution in [0.3, 0.4) is 0 Å². The van der Waals surface area contributed by atoms with Crippen molar-refractivity contribution in [3.63, 3.8) is 0 Å². The molecule has 0 spiro atoms. The van der Waals surface area contributed by atoms with Gasteiger partial charge in [0.05, 0.1) is 23.0 Å². The molecule has 6 rings (SSSR count). The maximum atomic E-state index is 9.13. The number of aryl methyl sites for hydroxylation is 1. The number of anilines is 1. The number of aromatic nitrogens is 3. The monoisotopic (exact) mass is 388 g/mol. The van der Waals surface area contributed by atoms with Crippen LogP contribution >= 0.6 is 0 Å². The zero-order chi connectivity index (χ0) is 19.5. The first-order valence-electron chi connectivity index (χ1n) is 10.5. The Morgan fingerprint density at radius 1 is 1.14 bits per heavy atom. The highest BCUT2D eigenvalue weighted by molar-refractivity contribution is 5.78. The van der Waals surface area contributed by atoms with Crippen LogP contribution in [0.25, 0.3) is 16.8 Å². The number of hydrogen-bond donors (Lipinski definition) is 0. The Kier molecular flexibility index (Phi) is 3.72. The minimum atomic E-state index is 0.274. The molecule has 0 radical (unpaired) electrons. The summed E-state index contributed by atoms with van der Waals surface area (Å²) in [5.41, 5.74) is 4.23. The van der Waals surface area contributed by atoms with E-state index in [1.165, 1.54) is 18.5 Å². The van der Waals surface area contributed by atoms with Crippen molar-refractivity contribution < 1.29 is 4.52 Å². The molecule has 0 amide bonds. The summed E-state index contributed by atoms with van der Waals surface area (Å²) in [6, 6.07) is 10.5. The van der Waals surface area contributed by atoms with E-state index >= 15 is 0 Å². The molecule has 2 atom stereocenters. The van der Waals surface area contributed by atoms with Crippen molar-refractivity contribution in [2.24, 2.45) is 5.92 Å². The van der Waals surface area contributed by atoms with Crippen LogP contribution < -0.4 is 4.90 Å². The van der Waals surface area contributed by atoms with E-state index in [-0.39, 0.29) is 5.92 Å². The van der Waals surface area contributed by atoms with Gasteiger partial charge in [-0.15, -0.1) is 0 Å². The molecule has 2 aliphatic heterocycles. The van der Waals surface area contributed by atoms with E-state index in [1.807, 2.05) is 29.9 Å². The summed E-state index contributed by atoms with van der Waals surface area (Å²) in [5.74, 6) is 1.05. The second kappa shape index (κ2) is 6.33. The van der Waals surface area contributed by atoms with Gasteiger partial charge in [-0.2, -0.15) is 10.4 Å². The number of piperazine rings is 1. The fourth-order valence-corrected chi connectivity index (χ4v) is 5.57. The Morgan fingerprint density at radius 3 is 2.62 bits per heavy atom. The molecule has 3 fully saturated rings. The number of nitrogens with zero attached hydrogens (tertiary/aromatic N) is 6. The van der Waals surface area contributed by atoms with Gasteiger partial charge in [0, 0.05) is 61.2 Å². The standard InChI is InChI=1S/C22H24N6O/c1-14-6-22(29-25-14)16-9-21-20(4-5-24-27(21)11-16)26-12-17-2-3-18(13-26)28(17)19-7-15(8-19)10-23/h4-6,9,11,15,17-19H,2-3,7-8,12-13H2,1H3/t15-,17?,18?,19+. The Morgan fingerprint density at radius 2 is 1.93 bits per heavy atom. The molecule has 3 aromatic heterocycles. The lowest BCUT2D eigenvalue weighted by atomic mass is 9.79. The molecule has 2 saturated heterocycles. The van der Waals surface area contributed by atoms with Crippen molar-refractivity contribution in [3.8, 4) is 17.4 Å². The zero-order valence-electron chi connectivity index (χ0n) is 16.5. The predicted molar refractivity (Wildman–Crippen MR) is 108 cm³/mol. The van der Waals surface area contributed by atoms with Crippen LogP contribution in [0.15, 0.2) is 35.1 Å². The molecule has 1 aliphatic carbocycles. The van der Waals surface area contributed by atoms with E-state index in [0.29, 0.717) is 18.1 Å². The second-order valence-corrected chi connectivity index (χ2v) is 8.80. The van der Waals surface area contributed by atoms with Gasteiger partial charge in [-0.25, -0.2) is 4.52 Å². The number of rotatable bonds is 3. The van der Waals surface area contributed by atoms with Crippen molar-refractivity contribution in [1.82, 2.24) is 19.7 Å². The molecule has 7 heteroatoms. The van der Waals surface area contributed by atoms with Crippen molar-refractivity contribution >= 4 is 11.2 Å². The minimum absolute atomic E-state index is 0.274. The van der Waals surface area contributed by atoms with E-state index < -0.39 is 0 Å². The molecule has 0 aromatic carbocycles. The van der Waals surface area contributed by atoms with Gasteiger partial charge < -0.3 is 9.42 Å². The summed E-state index contributed by atoms with van der Waals surface area (Å²) in [5, 5.41) is 17.7. The number of fused-ring (bicyclic) bond motifs is 3.